The van der Waals surface area contributed by atoms with Crippen molar-refractivity contribution in [2.45, 2.75) is 290 Å². The average molecular weight is 843 g/mol. The molecule has 0 rings (SSSR count). The second kappa shape index (κ2) is 51.1. The van der Waals surface area contributed by atoms with Gasteiger partial charge in [-0.1, -0.05) is 194 Å². The summed E-state index contributed by atoms with van der Waals surface area (Å²) in [4.78, 5) is 0. The normalized spacial score (nSPS) is 11.2. The third-order valence-electron chi connectivity index (χ3n) is 11.2. The Kier molecular flexibility index (Phi) is 50.1. The lowest BCUT2D eigenvalue weighted by Gasteiger charge is -2.18. The molecule has 0 aliphatic carbocycles. The Bertz CT molecular complexity index is 936. The zero-order valence-corrected chi connectivity index (χ0v) is 40.8. The molecular formula is C54H99O4P. The molecule has 59 heavy (non-hydrogen) atoms. The molecule has 0 fully saturated rings. The van der Waals surface area contributed by atoms with Gasteiger partial charge in [0.05, 0.1) is 19.8 Å². The second-order valence-corrected chi connectivity index (χ2v) is 18.8. The first-order valence-electron chi connectivity index (χ1n) is 26.1. The van der Waals surface area contributed by atoms with Crippen LogP contribution in [0.2, 0.25) is 0 Å². The third-order valence-corrected chi connectivity index (χ3v) is 12.7. The van der Waals surface area contributed by atoms with Crippen LogP contribution in [-0.2, 0) is 18.1 Å². The number of phosphoric acid groups is 1. The zero-order valence-electron chi connectivity index (χ0n) is 39.9. The topological polar surface area (TPSA) is 44.8 Å². The van der Waals surface area contributed by atoms with Gasteiger partial charge in [-0.15, -0.1) is 35.5 Å². The van der Waals surface area contributed by atoms with Crippen LogP contribution in [0.15, 0.2) is 0 Å². The third kappa shape index (κ3) is 49.3. The molecule has 0 aromatic heterocycles. The Balaban J connectivity index is 4.22. The van der Waals surface area contributed by atoms with E-state index in [0.717, 1.165) is 77.0 Å². The number of unbranched alkanes of at least 4 members (excludes halogenated alkanes) is 36. The summed E-state index contributed by atoms with van der Waals surface area (Å²) in [7, 11) is -3.53. The van der Waals surface area contributed by atoms with Crippen molar-refractivity contribution in [1.29, 1.82) is 0 Å². The average Bonchev–Trinajstić information content (AvgIpc) is 3.24. The molecule has 0 aromatic carbocycles. The summed E-state index contributed by atoms with van der Waals surface area (Å²) in [6, 6.07) is 0. The number of rotatable bonds is 45. The van der Waals surface area contributed by atoms with E-state index in [2.05, 4.69) is 56.3 Å². The van der Waals surface area contributed by atoms with Crippen LogP contribution in [0, 0.1) is 35.5 Å². The van der Waals surface area contributed by atoms with Crippen molar-refractivity contribution in [3.63, 3.8) is 0 Å². The lowest BCUT2D eigenvalue weighted by molar-refractivity contribution is 0.108. The van der Waals surface area contributed by atoms with Gasteiger partial charge in [0.15, 0.2) is 0 Å². The highest BCUT2D eigenvalue weighted by Gasteiger charge is 2.26. The van der Waals surface area contributed by atoms with E-state index < -0.39 is 7.82 Å². The van der Waals surface area contributed by atoms with Gasteiger partial charge in [0.25, 0.3) is 0 Å². The molecule has 4 nitrogen and oxygen atoms in total. The Morgan fingerprint density at radius 1 is 0.254 bits per heavy atom. The van der Waals surface area contributed by atoms with Gasteiger partial charge in [0.2, 0.25) is 0 Å². The zero-order chi connectivity index (χ0) is 42.7. The van der Waals surface area contributed by atoms with E-state index >= 15 is 0 Å². The van der Waals surface area contributed by atoms with E-state index in [9.17, 15) is 4.57 Å². The molecule has 0 spiro atoms. The number of hydrogen-bond donors (Lipinski definition) is 0. The Morgan fingerprint density at radius 3 is 0.627 bits per heavy atom. The molecule has 0 saturated heterocycles. The van der Waals surface area contributed by atoms with Crippen LogP contribution >= 0.6 is 7.82 Å². The van der Waals surface area contributed by atoms with Gasteiger partial charge >= 0.3 is 7.82 Å². The predicted molar refractivity (Wildman–Crippen MR) is 260 cm³/mol. The molecule has 0 unspecified atom stereocenters. The highest BCUT2D eigenvalue weighted by Crippen LogP contribution is 2.50. The molecule has 0 aliphatic rings. The summed E-state index contributed by atoms with van der Waals surface area (Å²) in [5.74, 6) is 20.3. The fourth-order valence-corrected chi connectivity index (χ4v) is 8.50. The molecule has 0 atom stereocenters. The van der Waals surface area contributed by atoms with Crippen LogP contribution < -0.4 is 0 Å². The lowest BCUT2D eigenvalue weighted by Crippen LogP contribution is -2.04. The molecule has 0 N–H and O–H groups in total. The molecular weight excluding hydrogens is 744 g/mol. The standard InChI is InChI=1S/C54H99O4P/c1-4-7-10-13-16-19-22-25-28-31-34-37-40-43-46-49-52-56-59(55,57-53-50-47-44-41-38-35-32-29-26-23-20-17-14-11-8-5-2)58-54-51-48-45-42-39-36-33-30-27-24-21-18-15-12-9-6-3/h4-24,31-54H2,1-3H3. The minimum absolute atomic E-state index is 0.435. The van der Waals surface area contributed by atoms with E-state index in [0.29, 0.717) is 19.8 Å². The molecule has 0 radical (unpaired) electrons. The van der Waals surface area contributed by atoms with Gasteiger partial charge in [-0.05, 0) is 57.8 Å². The molecule has 344 valence electrons. The SMILES string of the molecule is CCCCCCCCC#CCCCCCCCCOP(=O)(OCCCCCCCCC#CCCCCCCCC)OCCCCCCCCC#CCCCCCCCC. The van der Waals surface area contributed by atoms with Gasteiger partial charge in [0.1, 0.15) is 0 Å². The smallest absolute Gasteiger partial charge is 0.287 e. The maximum absolute atomic E-state index is 13.6. The molecule has 0 aliphatic heterocycles. The van der Waals surface area contributed by atoms with Crippen molar-refractivity contribution in [3.05, 3.63) is 0 Å². The van der Waals surface area contributed by atoms with Crippen molar-refractivity contribution in [1.82, 2.24) is 0 Å². The maximum Gasteiger partial charge on any atom is 0.474 e. The first-order chi connectivity index (χ1) is 29.2. The summed E-state index contributed by atoms with van der Waals surface area (Å²) < 4.78 is 31.2. The van der Waals surface area contributed by atoms with Crippen LogP contribution in [0.25, 0.3) is 0 Å². The van der Waals surface area contributed by atoms with Crippen molar-refractivity contribution in [2.24, 2.45) is 0 Å². The first-order valence-corrected chi connectivity index (χ1v) is 27.5. The summed E-state index contributed by atoms with van der Waals surface area (Å²) in [6.07, 6.45) is 50.8. The maximum atomic E-state index is 13.6. The van der Waals surface area contributed by atoms with Gasteiger partial charge in [0, 0.05) is 38.5 Å². The lowest BCUT2D eigenvalue weighted by atomic mass is 10.1. The van der Waals surface area contributed by atoms with E-state index in [1.54, 1.807) is 0 Å². The van der Waals surface area contributed by atoms with Crippen molar-refractivity contribution in [3.8, 4) is 35.5 Å². The van der Waals surface area contributed by atoms with Crippen LogP contribution in [0.5, 0.6) is 0 Å². The number of phosphoric ester groups is 1. The Morgan fingerprint density at radius 2 is 0.424 bits per heavy atom. The van der Waals surface area contributed by atoms with Crippen molar-refractivity contribution in [2.75, 3.05) is 19.8 Å². The monoisotopic (exact) mass is 843 g/mol. The van der Waals surface area contributed by atoms with Crippen molar-refractivity contribution >= 4 is 7.82 Å². The molecule has 0 amide bonds. The van der Waals surface area contributed by atoms with Crippen LogP contribution in [0.3, 0.4) is 0 Å². The van der Waals surface area contributed by atoms with E-state index in [4.69, 9.17) is 13.6 Å². The van der Waals surface area contributed by atoms with E-state index in [1.807, 2.05) is 0 Å². The molecule has 5 heteroatoms. The predicted octanol–water partition coefficient (Wildman–Crippen LogP) is 18.6. The van der Waals surface area contributed by atoms with Gasteiger partial charge in [-0.25, -0.2) is 4.57 Å². The molecule has 0 heterocycles. The van der Waals surface area contributed by atoms with Gasteiger partial charge < -0.3 is 0 Å². The van der Waals surface area contributed by atoms with Crippen LogP contribution in [0.4, 0.5) is 0 Å². The quantitative estimate of drug-likeness (QED) is 0.0348. The van der Waals surface area contributed by atoms with Gasteiger partial charge in [-0.2, -0.15) is 0 Å². The van der Waals surface area contributed by atoms with Crippen LogP contribution in [-0.4, -0.2) is 19.8 Å². The highest BCUT2D eigenvalue weighted by atomic mass is 31.2. The van der Waals surface area contributed by atoms with Gasteiger partial charge in [-0.3, -0.25) is 13.6 Å². The molecule has 0 bridgehead atoms. The van der Waals surface area contributed by atoms with Crippen molar-refractivity contribution < 1.29 is 18.1 Å². The van der Waals surface area contributed by atoms with Crippen LogP contribution in [0.1, 0.15) is 290 Å². The first kappa shape index (κ1) is 57.8. The summed E-state index contributed by atoms with van der Waals surface area (Å²) in [5, 5.41) is 0. The summed E-state index contributed by atoms with van der Waals surface area (Å²) in [5.41, 5.74) is 0. The second-order valence-electron chi connectivity index (χ2n) is 17.2. The largest absolute Gasteiger partial charge is 0.474 e. The van der Waals surface area contributed by atoms with E-state index in [-0.39, 0.29) is 0 Å². The summed E-state index contributed by atoms with van der Waals surface area (Å²) in [6.45, 7) is 8.12. The minimum atomic E-state index is -3.53. The minimum Gasteiger partial charge on any atom is -0.287 e. The molecule has 0 saturated carbocycles. The van der Waals surface area contributed by atoms with E-state index in [1.165, 1.54) is 193 Å². The fourth-order valence-electron chi connectivity index (χ4n) is 7.22. The fraction of sp³-hybridized carbons (Fsp3) is 0.889. The number of hydrogen-bond acceptors (Lipinski definition) is 4. The summed E-state index contributed by atoms with van der Waals surface area (Å²) >= 11 is 0. The molecule has 0 aromatic rings. The Hall–Kier alpha value is -1.21. The Labute approximate surface area is 370 Å². The highest BCUT2D eigenvalue weighted by molar-refractivity contribution is 7.48.